The molecule has 1 aromatic heterocycles. The number of aryl methyl sites for hydroxylation is 1. The first-order valence-electron chi connectivity index (χ1n) is 5.58. The third-order valence-electron chi connectivity index (χ3n) is 2.78. The zero-order valence-electron chi connectivity index (χ0n) is 9.15. The Balaban J connectivity index is 2.06. The van der Waals surface area contributed by atoms with Crippen molar-refractivity contribution in [2.24, 2.45) is 0 Å². The fraction of sp³-hybridized carbons (Fsp3) is 0.636. The monoisotopic (exact) mass is 207 g/mol. The van der Waals surface area contributed by atoms with Crippen LogP contribution in [0.25, 0.3) is 0 Å². The lowest BCUT2D eigenvalue weighted by Gasteiger charge is -2.19. The summed E-state index contributed by atoms with van der Waals surface area (Å²) in [5.41, 5.74) is 1.03. The van der Waals surface area contributed by atoms with Crippen LogP contribution < -0.4 is 0 Å². The number of carbonyl (C=O) groups excluding carboxylic acids is 1. The van der Waals surface area contributed by atoms with E-state index < -0.39 is 0 Å². The highest BCUT2D eigenvalue weighted by molar-refractivity contribution is 5.76. The van der Waals surface area contributed by atoms with E-state index in [0.717, 1.165) is 31.5 Å². The predicted octanol–water partition coefficient (Wildman–Crippen LogP) is 2.04. The molecule has 0 aliphatic carbocycles. The zero-order valence-corrected chi connectivity index (χ0v) is 9.15. The van der Waals surface area contributed by atoms with Crippen LogP contribution >= 0.6 is 0 Å². The van der Waals surface area contributed by atoms with Crippen molar-refractivity contribution in [1.29, 1.82) is 0 Å². The number of hydrogen-bond donors (Lipinski definition) is 0. The molecule has 0 aromatic carbocycles. The molecule has 0 bridgehead atoms. The third kappa shape index (κ3) is 2.37. The van der Waals surface area contributed by atoms with Gasteiger partial charge in [0.25, 0.3) is 0 Å². The number of likely N-dealkylation sites (tertiary alicyclic amines) is 1. The van der Waals surface area contributed by atoms with Crippen molar-refractivity contribution >= 4 is 6.03 Å². The van der Waals surface area contributed by atoms with Gasteiger partial charge < -0.3 is 4.90 Å². The zero-order chi connectivity index (χ0) is 10.7. The first-order chi connectivity index (χ1) is 7.27. The summed E-state index contributed by atoms with van der Waals surface area (Å²) in [4.78, 5) is 13.9. The highest BCUT2D eigenvalue weighted by Crippen LogP contribution is 2.10. The molecule has 0 saturated carbocycles. The Bertz CT molecular complexity index is 337. The molecule has 0 N–H and O–H groups in total. The summed E-state index contributed by atoms with van der Waals surface area (Å²) in [6.45, 7) is 3.69. The van der Waals surface area contributed by atoms with E-state index >= 15 is 0 Å². The Morgan fingerprint density at radius 2 is 1.93 bits per heavy atom. The SMILES string of the molecule is Cc1cnn(C(=O)N2CCCCCC2)c1. The van der Waals surface area contributed by atoms with E-state index in [1.165, 1.54) is 17.5 Å². The maximum absolute atomic E-state index is 12.0. The minimum Gasteiger partial charge on any atom is -0.323 e. The number of aromatic nitrogens is 2. The summed E-state index contributed by atoms with van der Waals surface area (Å²) < 4.78 is 1.45. The van der Waals surface area contributed by atoms with Crippen LogP contribution in [-0.4, -0.2) is 33.8 Å². The standard InChI is InChI=1S/C11H17N3O/c1-10-8-12-14(9-10)11(15)13-6-4-2-3-5-7-13/h8-9H,2-7H2,1H3. The minimum atomic E-state index is 0.0185. The van der Waals surface area contributed by atoms with Crippen LogP contribution in [0.15, 0.2) is 12.4 Å². The molecule has 1 fully saturated rings. The maximum atomic E-state index is 12.0. The lowest BCUT2D eigenvalue weighted by Crippen LogP contribution is -2.35. The van der Waals surface area contributed by atoms with Gasteiger partial charge in [-0.2, -0.15) is 9.78 Å². The van der Waals surface area contributed by atoms with Gasteiger partial charge in [-0.25, -0.2) is 4.79 Å². The van der Waals surface area contributed by atoms with Gasteiger partial charge in [0.2, 0.25) is 0 Å². The molecule has 0 radical (unpaired) electrons. The van der Waals surface area contributed by atoms with E-state index in [9.17, 15) is 4.79 Å². The van der Waals surface area contributed by atoms with Crippen molar-refractivity contribution in [3.05, 3.63) is 18.0 Å². The van der Waals surface area contributed by atoms with E-state index in [1.807, 2.05) is 11.8 Å². The second-order valence-corrected chi connectivity index (χ2v) is 4.15. The van der Waals surface area contributed by atoms with Crippen LogP contribution in [0, 0.1) is 6.92 Å². The Morgan fingerprint density at radius 3 is 2.47 bits per heavy atom. The van der Waals surface area contributed by atoms with Crippen LogP contribution in [0.1, 0.15) is 31.2 Å². The molecule has 1 aliphatic heterocycles. The second-order valence-electron chi connectivity index (χ2n) is 4.15. The fourth-order valence-corrected chi connectivity index (χ4v) is 1.92. The summed E-state index contributed by atoms with van der Waals surface area (Å²) in [6.07, 6.45) is 8.21. The number of carbonyl (C=O) groups is 1. The molecule has 82 valence electrons. The highest BCUT2D eigenvalue weighted by Gasteiger charge is 2.17. The molecule has 2 rings (SSSR count). The average Bonchev–Trinajstić information content (AvgIpc) is 2.53. The summed E-state index contributed by atoms with van der Waals surface area (Å²) >= 11 is 0. The van der Waals surface area contributed by atoms with E-state index in [0.29, 0.717) is 0 Å². The Kier molecular flexibility index (Phi) is 3.04. The quantitative estimate of drug-likeness (QED) is 0.653. The molecule has 0 spiro atoms. The molecule has 1 amide bonds. The fourth-order valence-electron chi connectivity index (χ4n) is 1.92. The molecule has 1 aromatic rings. The second kappa shape index (κ2) is 4.47. The average molecular weight is 207 g/mol. The summed E-state index contributed by atoms with van der Waals surface area (Å²) in [7, 11) is 0. The predicted molar refractivity (Wildman–Crippen MR) is 57.8 cm³/mol. The van der Waals surface area contributed by atoms with Gasteiger partial charge in [0.05, 0.1) is 6.20 Å². The van der Waals surface area contributed by atoms with E-state index in [2.05, 4.69) is 5.10 Å². The van der Waals surface area contributed by atoms with Crippen molar-refractivity contribution in [2.45, 2.75) is 32.6 Å². The van der Waals surface area contributed by atoms with Gasteiger partial charge in [-0.05, 0) is 25.3 Å². The molecule has 15 heavy (non-hydrogen) atoms. The topological polar surface area (TPSA) is 38.1 Å². The maximum Gasteiger partial charge on any atom is 0.344 e. The van der Waals surface area contributed by atoms with E-state index in [-0.39, 0.29) is 6.03 Å². The Hall–Kier alpha value is -1.32. The first-order valence-corrected chi connectivity index (χ1v) is 5.58. The van der Waals surface area contributed by atoms with Gasteiger partial charge in [-0.1, -0.05) is 12.8 Å². The molecular formula is C11H17N3O. The van der Waals surface area contributed by atoms with Crippen molar-refractivity contribution < 1.29 is 4.79 Å². The number of amides is 1. The lowest BCUT2D eigenvalue weighted by molar-refractivity contribution is 0.198. The molecule has 2 heterocycles. The van der Waals surface area contributed by atoms with Gasteiger partial charge in [-0.3, -0.25) is 0 Å². The normalized spacial score (nSPS) is 17.5. The largest absolute Gasteiger partial charge is 0.344 e. The smallest absolute Gasteiger partial charge is 0.323 e. The van der Waals surface area contributed by atoms with Crippen LogP contribution in [0.2, 0.25) is 0 Å². The number of rotatable bonds is 0. The van der Waals surface area contributed by atoms with Crippen LogP contribution in [0.3, 0.4) is 0 Å². The van der Waals surface area contributed by atoms with Crippen LogP contribution in [0.5, 0.6) is 0 Å². The van der Waals surface area contributed by atoms with Gasteiger partial charge in [0.1, 0.15) is 0 Å². The van der Waals surface area contributed by atoms with Crippen molar-refractivity contribution in [3.63, 3.8) is 0 Å². The van der Waals surface area contributed by atoms with Crippen molar-refractivity contribution in [1.82, 2.24) is 14.7 Å². The molecule has 4 heteroatoms. The van der Waals surface area contributed by atoms with Crippen LogP contribution in [-0.2, 0) is 0 Å². The van der Waals surface area contributed by atoms with Gasteiger partial charge in [-0.15, -0.1) is 0 Å². The Morgan fingerprint density at radius 1 is 1.27 bits per heavy atom. The molecule has 0 unspecified atom stereocenters. The highest BCUT2D eigenvalue weighted by atomic mass is 16.2. The van der Waals surface area contributed by atoms with Crippen molar-refractivity contribution in [2.75, 3.05) is 13.1 Å². The molecule has 1 saturated heterocycles. The van der Waals surface area contributed by atoms with E-state index in [1.54, 1.807) is 12.4 Å². The first kappa shape index (κ1) is 10.2. The van der Waals surface area contributed by atoms with Gasteiger partial charge in [0.15, 0.2) is 0 Å². The van der Waals surface area contributed by atoms with Gasteiger partial charge in [0, 0.05) is 19.3 Å². The van der Waals surface area contributed by atoms with Crippen LogP contribution in [0.4, 0.5) is 4.79 Å². The summed E-state index contributed by atoms with van der Waals surface area (Å²) in [5.74, 6) is 0. The van der Waals surface area contributed by atoms with Crippen molar-refractivity contribution in [3.8, 4) is 0 Å². The molecule has 0 atom stereocenters. The molecular weight excluding hydrogens is 190 g/mol. The number of hydrogen-bond acceptors (Lipinski definition) is 2. The minimum absolute atomic E-state index is 0.0185. The third-order valence-corrected chi connectivity index (χ3v) is 2.78. The molecule has 4 nitrogen and oxygen atoms in total. The summed E-state index contributed by atoms with van der Waals surface area (Å²) in [5, 5.41) is 4.05. The van der Waals surface area contributed by atoms with E-state index in [4.69, 9.17) is 0 Å². The number of nitrogens with zero attached hydrogens (tertiary/aromatic N) is 3. The lowest BCUT2D eigenvalue weighted by atomic mass is 10.2. The van der Waals surface area contributed by atoms with Gasteiger partial charge >= 0.3 is 6.03 Å². The summed E-state index contributed by atoms with van der Waals surface area (Å²) in [6, 6.07) is 0.0185. The Labute approximate surface area is 89.9 Å². The molecule has 1 aliphatic rings.